The molecule has 0 aliphatic carbocycles. The van der Waals surface area contributed by atoms with E-state index in [4.69, 9.17) is 11.6 Å². The molecule has 0 spiro atoms. The standard InChI is InChI=1S/C14H11BrClF2N/c1-8(11-4-3-10(17)7-13(11)18)19-14-5-2-9(15)6-12(14)16/h2-8,19H,1H3. The predicted octanol–water partition coefficient (Wildman–Crippen LogP) is 5.55. The smallest absolute Gasteiger partial charge is 0.131 e. The maximum absolute atomic E-state index is 13.6. The van der Waals surface area contributed by atoms with Crippen molar-refractivity contribution in [3.8, 4) is 0 Å². The number of benzene rings is 2. The molecule has 0 saturated carbocycles. The van der Waals surface area contributed by atoms with Gasteiger partial charge >= 0.3 is 0 Å². The highest BCUT2D eigenvalue weighted by molar-refractivity contribution is 9.10. The fourth-order valence-corrected chi connectivity index (χ4v) is 2.50. The third-order valence-corrected chi connectivity index (χ3v) is 3.54. The number of rotatable bonds is 3. The number of nitrogens with one attached hydrogen (secondary N) is 1. The Kier molecular flexibility index (Phi) is 4.42. The molecule has 0 heterocycles. The lowest BCUT2D eigenvalue weighted by molar-refractivity contribution is 0.566. The molecule has 1 nitrogen and oxygen atoms in total. The van der Waals surface area contributed by atoms with Crippen molar-refractivity contribution in [3.63, 3.8) is 0 Å². The molecule has 2 aromatic carbocycles. The molecule has 2 aromatic rings. The van der Waals surface area contributed by atoms with Crippen molar-refractivity contribution < 1.29 is 8.78 Å². The summed E-state index contributed by atoms with van der Waals surface area (Å²) in [5.74, 6) is -1.16. The van der Waals surface area contributed by atoms with E-state index in [1.165, 1.54) is 12.1 Å². The monoisotopic (exact) mass is 345 g/mol. The van der Waals surface area contributed by atoms with E-state index >= 15 is 0 Å². The van der Waals surface area contributed by atoms with E-state index in [1.54, 1.807) is 19.1 Å². The molecule has 0 radical (unpaired) electrons. The van der Waals surface area contributed by atoms with Crippen LogP contribution in [0.25, 0.3) is 0 Å². The Morgan fingerprint density at radius 3 is 2.53 bits per heavy atom. The van der Waals surface area contributed by atoms with Crippen LogP contribution < -0.4 is 5.32 Å². The highest BCUT2D eigenvalue weighted by Gasteiger charge is 2.13. The highest BCUT2D eigenvalue weighted by Crippen LogP contribution is 2.29. The van der Waals surface area contributed by atoms with Crippen molar-refractivity contribution in [2.24, 2.45) is 0 Å². The van der Waals surface area contributed by atoms with Crippen molar-refractivity contribution >= 4 is 33.2 Å². The molecule has 0 bridgehead atoms. The Bertz CT molecular complexity index is 604. The highest BCUT2D eigenvalue weighted by atomic mass is 79.9. The zero-order valence-electron chi connectivity index (χ0n) is 10.1. The molecule has 0 amide bonds. The van der Waals surface area contributed by atoms with Crippen LogP contribution in [-0.2, 0) is 0 Å². The van der Waals surface area contributed by atoms with Gasteiger partial charge in [0.1, 0.15) is 11.6 Å². The summed E-state index contributed by atoms with van der Waals surface area (Å²) in [6.45, 7) is 1.79. The second kappa shape index (κ2) is 5.88. The van der Waals surface area contributed by atoms with Gasteiger partial charge in [0, 0.05) is 16.1 Å². The van der Waals surface area contributed by atoms with Crippen LogP contribution in [0.4, 0.5) is 14.5 Å². The van der Waals surface area contributed by atoms with Crippen molar-refractivity contribution in [3.05, 3.63) is 63.1 Å². The SMILES string of the molecule is CC(Nc1ccc(Br)cc1Cl)c1ccc(F)cc1F. The summed E-state index contributed by atoms with van der Waals surface area (Å²) in [5, 5.41) is 3.63. The topological polar surface area (TPSA) is 12.0 Å². The van der Waals surface area contributed by atoms with Crippen LogP contribution in [0.1, 0.15) is 18.5 Å². The Hall–Kier alpha value is -1.13. The minimum absolute atomic E-state index is 0.320. The van der Waals surface area contributed by atoms with Gasteiger partial charge in [0.05, 0.1) is 16.8 Å². The molecule has 0 aliphatic rings. The van der Waals surface area contributed by atoms with Gasteiger partial charge in [-0.05, 0) is 31.2 Å². The van der Waals surface area contributed by atoms with Gasteiger partial charge in [-0.25, -0.2) is 8.78 Å². The molecular formula is C14H11BrClF2N. The lowest BCUT2D eigenvalue weighted by Gasteiger charge is -2.17. The summed E-state index contributed by atoms with van der Waals surface area (Å²) < 4.78 is 27.4. The first kappa shape index (κ1) is 14.3. The van der Waals surface area contributed by atoms with Gasteiger partial charge in [0.15, 0.2) is 0 Å². The first-order chi connectivity index (χ1) is 8.97. The average Bonchev–Trinajstić information content (AvgIpc) is 2.32. The number of hydrogen-bond acceptors (Lipinski definition) is 1. The maximum atomic E-state index is 13.6. The minimum atomic E-state index is -0.588. The molecule has 5 heteroatoms. The fraction of sp³-hybridized carbons (Fsp3) is 0.143. The Labute approximate surface area is 123 Å². The van der Waals surface area contributed by atoms with E-state index in [9.17, 15) is 8.78 Å². The first-order valence-electron chi connectivity index (χ1n) is 5.64. The molecule has 0 saturated heterocycles. The molecule has 0 fully saturated rings. The summed E-state index contributed by atoms with van der Waals surface area (Å²) in [6.07, 6.45) is 0. The van der Waals surface area contributed by atoms with Gasteiger partial charge in [-0.15, -0.1) is 0 Å². The van der Waals surface area contributed by atoms with E-state index in [-0.39, 0.29) is 6.04 Å². The van der Waals surface area contributed by atoms with E-state index in [1.807, 2.05) is 6.07 Å². The minimum Gasteiger partial charge on any atom is -0.377 e. The van der Waals surface area contributed by atoms with Crippen LogP contribution in [0.5, 0.6) is 0 Å². The summed E-state index contributed by atoms with van der Waals surface area (Å²) >= 11 is 9.39. The largest absolute Gasteiger partial charge is 0.377 e. The zero-order valence-corrected chi connectivity index (χ0v) is 12.4. The van der Waals surface area contributed by atoms with Gasteiger partial charge in [-0.1, -0.05) is 33.6 Å². The third kappa shape index (κ3) is 3.45. The summed E-state index contributed by atoms with van der Waals surface area (Å²) in [5.41, 5.74) is 1.08. The van der Waals surface area contributed by atoms with Crippen LogP contribution in [0.2, 0.25) is 5.02 Å². The molecule has 1 unspecified atom stereocenters. The maximum Gasteiger partial charge on any atom is 0.131 e. The van der Waals surface area contributed by atoms with Gasteiger partial charge in [0.25, 0.3) is 0 Å². The average molecular weight is 347 g/mol. The fourth-order valence-electron chi connectivity index (χ4n) is 1.77. The van der Waals surface area contributed by atoms with Crippen molar-refractivity contribution in [1.29, 1.82) is 0 Å². The molecule has 0 aliphatic heterocycles. The lowest BCUT2D eigenvalue weighted by atomic mass is 10.1. The van der Waals surface area contributed by atoms with Gasteiger partial charge in [-0.3, -0.25) is 0 Å². The van der Waals surface area contributed by atoms with Crippen LogP contribution in [0, 0.1) is 11.6 Å². The number of hydrogen-bond donors (Lipinski definition) is 1. The van der Waals surface area contributed by atoms with E-state index in [0.717, 1.165) is 10.5 Å². The quantitative estimate of drug-likeness (QED) is 0.768. The summed E-state index contributed by atoms with van der Waals surface area (Å²) in [6, 6.07) is 8.59. The molecule has 1 atom stereocenters. The third-order valence-electron chi connectivity index (χ3n) is 2.73. The number of anilines is 1. The number of halogens is 4. The molecule has 1 N–H and O–H groups in total. The van der Waals surface area contributed by atoms with Gasteiger partial charge < -0.3 is 5.32 Å². The Morgan fingerprint density at radius 2 is 1.89 bits per heavy atom. The summed E-state index contributed by atoms with van der Waals surface area (Å²) in [4.78, 5) is 0. The second-order valence-corrected chi connectivity index (χ2v) is 5.48. The first-order valence-corrected chi connectivity index (χ1v) is 6.81. The molecular weight excluding hydrogens is 336 g/mol. The molecule has 100 valence electrons. The van der Waals surface area contributed by atoms with Gasteiger partial charge in [-0.2, -0.15) is 0 Å². The van der Waals surface area contributed by atoms with E-state index in [0.29, 0.717) is 16.3 Å². The van der Waals surface area contributed by atoms with Crippen molar-refractivity contribution in [2.45, 2.75) is 13.0 Å². The van der Waals surface area contributed by atoms with Crippen LogP contribution in [-0.4, -0.2) is 0 Å². The summed E-state index contributed by atoms with van der Waals surface area (Å²) in [7, 11) is 0. The van der Waals surface area contributed by atoms with Crippen molar-refractivity contribution in [2.75, 3.05) is 5.32 Å². The second-order valence-electron chi connectivity index (χ2n) is 4.16. The van der Waals surface area contributed by atoms with Crippen LogP contribution >= 0.6 is 27.5 Å². The molecule has 19 heavy (non-hydrogen) atoms. The molecule has 0 aromatic heterocycles. The van der Waals surface area contributed by atoms with Crippen LogP contribution in [0.15, 0.2) is 40.9 Å². The zero-order chi connectivity index (χ0) is 14.0. The molecule has 2 rings (SSSR count). The van der Waals surface area contributed by atoms with Crippen molar-refractivity contribution in [1.82, 2.24) is 0 Å². The van der Waals surface area contributed by atoms with Crippen LogP contribution in [0.3, 0.4) is 0 Å². The Morgan fingerprint density at radius 1 is 1.16 bits per heavy atom. The normalized spacial score (nSPS) is 12.3. The Balaban J connectivity index is 2.23. The van der Waals surface area contributed by atoms with E-state index in [2.05, 4.69) is 21.2 Å². The van der Waals surface area contributed by atoms with Gasteiger partial charge in [0.2, 0.25) is 0 Å². The lowest BCUT2D eigenvalue weighted by Crippen LogP contribution is -2.09. The van der Waals surface area contributed by atoms with E-state index < -0.39 is 11.6 Å². The predicted molar refractivity (Wildman–Crippen MR) is 77.5 cm³/mol.